The molecule has 2 aliphatic heterocycles. The quantitative estimate of drug-likeness (QED) is 0.202. The van der Waals surface area contributed by atoms with Crippen molar-refractivity contribution in [2.75, 3.05) is 39.9 Å². The monoisotopic (exact) mass is 692 g/mol. The lowest BCUT2D eigenvalue weighted by atomic mass is 9.88. The molecule has 3 aromatic carbocycles. The molecular formula is C35H40N4O7S2. The van der Waals surface area contributed by atoms with E-state index in [1.54, 1.807) is 41.0 Å². The number of piperidine rings is 1. The van der Waals surface area contributed by atoms with E-state index in [9.17, 15) is 21.9 Å². The van der Waals surface area contributed by atoms with Crippen molar-refractivity contribution in [2.24, 2.45) is 0 Å². The van der Waals surface area contributed by atoms with Gasteiger partial charge < -0.3 is 19.9 Å². The van der Waals surface area contributed by atoms with Crippen LogP contribution < -0.4 is 14.8 Å². The van der Waals surface area contributed by atoms with Crippen molar-refractivity contribution in [3.8, 4) is 28.0 Å². The first-order valence-electron chi connectivity index (χ1n) is 15.9. The van der Waals surface area contributed by atoms with Crippen molar-refractivity contribution in [1.29, 1.82) is 0 Å². The minimum atomic E-state index is -3.77. The lowest BCUT2D eigenvalue weighted by molar-refractivity contribution is -0.0312. The van der Waals surface area contributed by atoms with E-state index in [1.807, 2.05) is 48.5 Å². The first kappa shape index (κ1) is 34.2. The zero-order chi connectivity index (χ0) is 33.8. The Bertz CT molecular complexity index is 1930. The number of hydrogen-bond donors (Lipinski definition) is 3. The standard InChI is InChI=1S/C35H40N4O7S2/c1-36-47(41,42)32-9-5-8-31(21-32)45-25-30(40)23-38-29-22-35(46-24-29)14-18-39(19-15-35)48(43,44)34-11-3-2-10-33(34)28-7-4-6-27(20-28)26-12-16-37-17-13-26/h2-13,16-17,20-21,29-30,36,38,40H,14-15,18-19,22-25H2,1H3. The molecule has 6 rings (SSSR count). The van der Waals surface area contributed by atoms with Gasteiger partial charge in [0, 0.05) is 49.7 Å². The minimum Gasteiger partial charge on any atom is -0.491 e. The van der Waals surface area contributed by atoms with E-state index in [1.165, 1.54) is 19.2 Å². The summed E-state index contributed by atoms with van der Waals surface area (Å²) in [6.07, 6.45) is 4.49. The zero-order valence-corrected chi connectivity index (χ0v) is 28.3. The second-order valence-electron chi connectivity index (χ2n) is 12.2. The van der Waals surface area contributed by atoms with Crippen LogP contribution in [0, 0.1) is 0 Å². The van der Waals surface area contributed by atoms with Crippen molar-refractivity contribution in [3.63, 3.8) is 0 Å². The molecule has 2 aliphatic rings. The highest BCUT2D eigenvalue weighted by molar-refractivity contribution is 7.89. The van der Waals surface area contributed by atoms with E-state index in [0.29, 0.717) is 50.3 Å². The van der Waals surface area contributed by atoms with Gasteiger partial charge in [-0.1, -0.05) is 42.5 Å². The van der Waals surface area contributed by atoms with Crippen LogP contribution in [0.2, 0.25) is 0 Å². The van der Waals surface area contributed by atoms with Crippen LogP contribution in [0.3, 0.4) is 0 Å². The lowest BCUT2D eigenvalue weighted by Crippen LogP contribution is -2.47. The Kier molecular flexibility index (Phi) is 10.3. The van der Waals surface area contributed by atoms with E-state index in [0.717, 1.165) is 16.7 Å². The summed E-state index contributed by atoms with van der Waals surface area (Å²) in [6, 6.07) is 25.0. The summed E-state index contributed by atoms with van der Waals surface area (Å²) in [5.41, 5.74) is 3.05. The molecule has 2 fully saturated rings. The normalized spacial score (nSPS) is 18.9. The SMILES string of the molecule is CNS(=O)(=O)c1cccc(OCC(O)CNC2COC3(CCN(S(=O)(=O)c4ccccc4-c4cccc(-c5ccncc5)c4)CC3)C2)c1. The van der Waals surface area contributed by atoms with Crippen LogP contribution in [-0.2, 0) is 24.8 Å². The van der Waals surface area contributed by atoms with Gasteiger partial charge in [-0.2, -0.15) is 4.31 Å². The molecule has 48 heavy (non-hydrogen) atoms. The van der Waals surface area contributed by atoms with E-state index in [4.69, 9.17) is 9.47 Å². The number of pyridine rings is 1. The van der Waals surface area contributed by atoms with Gasteiger partial charge in [0.1, 0.15) is 18.5 Å². The summed E-state index contributed by atoms with van der Waals surface area (Å²) in [5.74, 6) is 0.344. The van der Waals surface area contributed by atoms with Gasteiger partial charge in [0.2, 0.25) is 20.0 Å². The largest absolute Gasteiger partial charge is 0.491 e. The van der Waals surface area contributed by atoms with Gasteiger partial charge in [-0.05, 0) is 79.4 Å². The van der Waals surface area contributed by atoms with Crippen molar-refractivity contribution in [2.45, 2.75) is 46.8 Å². The number of nitrogens with one attached hydrogen (secondary N) is 2. The fourth-order valence-corrected chi connectivity index (χ4v) is 8.76. The Balaban J connectivity index is 1.03. The number of aromatic nitrogens is 1. The van der Waals surface area contributed by atoms with Gasteiger partial charge in [-0.15, -0.1) is 0 Å². The molecule has 3 heterocycles. The molecule has 2 saturated heterocycles. The topological polar surface area (TPSA) is 147 Å². The van der Waals surface area contributed by atoms with E-state index in [-0.39, 0.29) is 29.0 Å². The Morgan fingerprint density at radius 2 is 1.67 bits per heavy atom. The maximum absolute atomic E-state index is 14.0. The fraction of sp³-hybridized carbons (Fsp3) is 0.343. The minimum absolute atomic E-state index is 0.000282. The number of aliphatic hydroxyl groups excluding tert-OH is 1. The molecule has 13 heteroatoms. The van der Waals surface area contributed by atoms with Gasteiger partial charge >= 0.3 is 0 Å². The first-order valence-corrected chi connectivity index (χ1v) is 18.8. The van der Waals surface area contributed by atoms with Crippen molar-refractivity contribution in [1.82, 2.24) is 19.3 Å². The fourth-order valence-electron chi connectivity index (χ4n) is 6.34. The second kappa shape index (κ2) is 14.4. The smallest absolute Gasteiger partial charge is 0.243 e. The number of rotatable bonds is 12. The summed E-state index contributed by atoms with van der Waals surface area (Å²) >= 11 is 0. The van der Waals surface area contributed by atoms with Crippen molar-refractivity contribution in [3.05, 3.63) is 97.3 Å². The average Bonchev–Trinajstić information content (AvgIpc) is 3.52. The van der Waals surface area contributed by atoms with Crippen LogP contribution in [-0.4, -0.2) is 88.9 Å². The first-order chi connectivity index (χ1) is 23.1. The average molecular weight is 693 g/mol. The molecule has 1 spiro atoms. The molecule has 3 N–H and O–H groups in total. The molecule has 0 amide bonds. The van der Waals surface area contributed by atoms with Crippen LogP contribution in [0.4, 0.5) is 0 Å². The molecule has 2 unspecified atom stereocenters. The Hall–Kier alpha value is -3.69. The third-order valence-electron chi connectivity index (χ3n) is 9.00. The Morgan fingerprint density at radius 1 is 0.938 bits per heavy atom. The second-order valence-corrected chi connectivity index (χ2v) is 16.0. The number of benzene rings is 3. The predicted octanol–water partition coefficient (Wildman–Crippen LogP) is 3.67. The highest BCUT2D eigenvalue weighted by atomic mass is 32.2. The van der Waals surface area contributed by atoms with Crippen LogP contribution in [0.1, 0.15) is 19.3 Å². The summed E-state index contributed by atoms with van der Waals surface area (Å²) in [5, 5.41) is 13.9. The van der Waals surface area contributed by atoms with Gasteiger partial charge in [0.05, 0.1) is 22.0 Å². The molecule has 0 radical (unpaired) electrons. The van der Waals surface area contributed by atoms with E-state index < -0.39 is 31.8 Å². The van der Waals surface area contributed by atoms with E-state index in [2.05, 4.69) is 15.0 Å². The Labute approximate surface area is 282 Å². The summed E-state index contributed by atoms with van der Waals surface area (Å²) in [6.45, 7) is 1.40. The highest BCUT2D eigenvalue weighted by Crippen LogP contribution is 2.39. The van der Waals surface area contributed by atoms with Gasteiger partial charge in [0.25, 0.3) is 0 Å². The van der Waals surface area contributed by atoms with E-state index >= 15 is 0 Å². The predicted molar refractivity (Wildman–Crippen MR) is 182 cm³/mol. The molecule has 1 aromatic heterocycles. The number of nitrogens with zero attached hydrogens (tertiary/aromatic N) is 2. The maximum Gasteiger partial charge on any atom is 0.243 e. The molecule has 11 nitrogen and oxygen atoms in total. The molecule has 2 atom stereocenters. The van der Waals surface area contributed by atoms with Crippen LogP contribution >= 0.6 is 0 Å². The third kappa shape index (κ3) is 7.62. The van der Waals surface area contributed by atoms with Gasteiger partial charge in [-0.25, -0.2) is 21.6 Å². The lowest BCUT2D eigenvalue weighted by Gasteiger charge is -2.38. The molecule has 0 aliphatic carbocycles. The van der Waals surface area contributed by atoms with Gasteiger partial charge in [-0.3, -0.25) is 4.98 Å². The number of ether oxygens (including phenoxy) is 2. The number of hydrogen-bond acceptors (Lipinski definition) is 9. The van der Waals surface area contributed by atoms with Crippen molar-refractivity contribution < 1.29 is 31.4 Å². The van der Waals surface area contributed by atoms with Crippen LogP contribution in [0.25, 0.3) is 22.3 Å². The third-order valence-corrected chi connectivity index (χ3v) is 12.4. The van der Waals surface area contributed by atoms with Crippen LogP contribution in [0.5, 0.6) is 5.75 Å². The Morgan fingerprint density at radius 3 is 2.44 bits per heavy atom. The molecule has 0 bridgehead atoms. The molecule has 254 valence electrons. The summed E-state index contributed by atoms with van der Waals surface area (Å²) in [7, 11) is -6.03. The molecule has 4 aromatic rings. The summed E-state index contributed by atoms with van der Waals surface area (Å²) in [4.78, 5) is 4.46. The molecule has 0 saturated carbocycles. The highest BCUT2D eigenvalue weighted by Gasteiger charge is 2.45. The van der Waals surface area contributed by atoms with Crippen molar-refractivity contribution >= 4 is 20.0 Å². The summed E-state index contributed by atoms with van der Waals surface area (Å²) < 4.78 is 67.9. The maximum atomic E-state index is 14.0. The number of aliphatic hydroxyl groups is 1. The zero-order valence-electron chi connectivity index (χ0n) is 26.7. The number of sulfonamides is 2. The van der Waals surface area contributed by atoms with Crippen LogP contribution in [0.15, 0.2) is 107 Å². The van der Waals surface area contributed by atoms with Gasteiger partial charge in [0.15, 0.2) is 0 Å². The molecular weight excluding hydrogens is 653 g/mol.